The summed E-state index contributed by atoms with van der Waals surface area (Å²) in [4.78, 5) is 10.5. The average molecular weight is 385 g/mol. The SMILES string of the molecule is O=C(O)C=CCC=CC[C@H]1[C@@H](CCCCOCc2ccccc2)[C@H]2CC[C@@H]1O2. The van der Waals surface area contributed by atoms with E-state index in [1.54, 1.807) is 6.08 Å². The molecule has 0 unspecified atom stereocenters. The first-order valence-corrected chi connectivity index (χ1v) is 10.6. The van der Waals surface area contributed by atoms with Crippen LogP contribution < -0.4 is 0 Å². The second kappa shape index (κ2) is 11.2. The van der Waals surface area contributed by atoms with E-state index in [2.05, 4.69) is 24.3 Å². The molecular weight excluding hydrogens is 352 g/mol. The van der Waals surface area contributed by atoms with Crippen LogP contribution in [0.1, 0.15) is 50.5 Å². The number of carboxylic acid groups (broad SMARTS) is 1. The quantitative estimate of drug-likeness (QED) is 0.308. The fourth-order valence-electron chi connectivity index (χ4n) is 4.54. The summed E-state index contributed by atoms with van der Waals surface area (Å²) in [7, 11) is 0. The summed E-state index contributed by atoms with van der Waals surface area (Å²) >= 11 is 0. The van der Waals surface area contributed by atoms with E-state index in [1.165, 1.54) is 37.3 Å². The molecule has 2 fully saturated rings. The number of ether oxygens (including phenoxy) is 2. The van der Waals surface area contributed by atoms with Crippen LogP contribution in [0.3, 0.4) is 0 Å². The van der Waals surface area contributed by atoms with E-state index in [0.29, 0.717) is 37.1 Å². The van der Waals surface area contributed by atoms with Gasteiger partial charge in [-0.15, -0.1) is 0 Å². The standard InChI is InChI=1S/C24H32O4/c25-24(26)14-7-2-1-6-12-20-21(23-16-15-22(20)28-23)13-8-9-17-27-18-19-10-4-3-5-11-19/h1,3-7,10-11,14,20-23H,2,8-9,12-13,15-18H2,(H,25,26)/t20-,21+,22-,23+/m0/s1. The lowest BCUT2D eigenvalue weighted by Gasteiger charge is -2.27. The number of benzene rings is 1. The lowest BCUT2D eigenvalue weighted by atomic mass is 9.75. The van der Waals surface area contributed by atoms with Gasteiger partial charge in [-0.25, -0.2) is 4.79 Å². The largest absolute Gasteiger partial charge is 0.478 e. The van der Waals surface area contributed by atoms with Crippen LogP contribution in [-0.4, -0.2) is 29.9 Å². The summed E-state index contributed by atoms with van der Waals surface area (Å²) in [5.41, 5.74) is 1.23. The molecule has 0 saturated carbocycles. The average Bonchev–Trinajstić information content (AvgIpc) is 3.30. The number of hydrogen-bond donors (Lipinski definition) is 1. The molecule has 2 heterocycles. The van der Waals surface area contributed by atoms with Gasteiger partial charge in [0.05, 0.1) is 18.8 Å². The smallest absolute Gasteiger partial charge is 0.327 e. The zero-order chi connectivity index (χ0) is 19.6. The molecule has 2 saturated heterocycles. The number of carbonyl (C=O) groups is 1. The Morgan fingerprint density at radius 3 is 2.64 bits per heavy atom. The molecule has 2 bridgehead atoms. The number of hydrogen-bond acceptors (Lipinski definition) is 3. The summed E-state index contributed by atoms with van der Waals surface area (Å²) in [6, 6.07) is 10.3. The van der Waals surface area contributed by atoms with Gasteiger partial charge in [0, 0.05) is 12.7 Å². The minimum atomic E-state index is -0.886. The Morgan fingerprint density at radius 1 is 1.07 bits per heavy atom. The summed E-state index contributed by atoms with van der Waals surface area (Å²) in [5, 5.41) is 8.61. The van der Waals surface area contributed by atoms with Crippen molar-refractivity contribution in [3.05, 3.63) is 60.2 Å². The second-order valence-electron chi connectivity index (χ2n) is 7.84. The monoisotopic (exact) mass is 384 g/mol. The third kappa shape index (κ3) is 6.32. The van der Waals surface area contributed by atoms with Crippen LogP contribution in [0.25, 0.3) is 0 Å². The predicted octanol–water partition coefficient (Wildman–Crippen LogP) is 5.14. The Labute approximate surface area is 168 Å². The van der Waals surface area contributed by atoms with Gasteiger partial charge in [0.1, 0.15) is 0 Å². The van der Waals surface area contributed by atoms with Crippen molar-refractivity contribution < 1.29 is 19.4 Å². The van der Waals surface area contributed by atoms with E-state index in [1.807, 2.05) is 18.2 Å². The molecule has 1 aromatic carbocycles. The Balaban J connectivity index is 1.33. The summed E-state index contributed by atoms with van der Waals surface area (Å²) in [6.07, 6.45) is 15.6. The molecule has 28 heavy (non-hydrogen) atoms. The molecule has 0 aliphatic carbocycles. The summed E-state index contributed by atoms with van der Waals surface area (Å²) in [6.45, 7) is 1.51. The summed E-state index contributed by atoms with van der Waals surface area (Å²) in [5.74, 6) is 0.387. The zero-order valence-corrected chi connectivity index (χ0v) is 16.5. The molecule has 2 aliphatic heterocycles. The van der Waals surface area contributed by atoms with E-state index in [0.717, 1.165) is 19.4 Å². The molecule has 4 nitrogen and oxygen atoms in total. The van der Waals surface area contributed by atoms with Crippen LogP contribution in [0.4, 0.5) is 0 Å². The molecule has 4 heteroatoms. The van der Waals surface area contributed by atoms with Crippen LogP contribution in [-0.2, 0) is 20.9 Å². The third-order valence-electron chi connectivity index (χ3n) is 5.89. The highest BCUT2D eigenvalue weighted by Gasteiger charge is 2.47. The third-order valence-corrected chi connectivity index (χ3v) is 5.89. The highest BCUT2D eigenvalue weighted by molar-refractivity contribution is 5.79. The van der Waals surface area contributed by atoms with Crippen molar-refractivity contribution in [3.8, 4) is 0 Å². The van der Waals surface area contributed by atoms with E-state index in [4.69, 9.17) is 14.6 Å². The molecule has 0 spiro atoms. The highest BCUT2D eigenvalue weighted by Crippen LogP contribution is 2.47. The van der Waals surface area contributed by atoms with Crippen LogP contribution in [0, 0.1) is 11.8 Å². The topological polar surface area (TPSA) is 55.8 Å². The van der Waals surface area contributed by atoms with Gasteiger partial charge in [-0.1, -0.05) is 55.0 Å². The minimum absolute atomic E-state index is 0.420. The van der Waals surface area contributed by atoms with Crippen molar-refractivity contribution in [3.63, 3.8) is 0 Å². The summed E-state index contributed by atoms with van der Waals surface area (Å²) < 4.78 is 12.0. The second-order valence-corrected chi connectivity index (χ2v) is 7.84. The Bertz CT molecular complexity index is 652. The van der Waals surface area contributed by atoms with Crippen molar-refractivity contribution >= 4 is 5.97 Å². The van der Waals surface area contributed by atoms with Gasteiger partial charge < -0.3 is 14.6 Å². The lowest BCUT2D eigenvalue weighted by Crippen LogP contribution is -2.26. The fraction of sp³-hybridized carbons (Fsp3) is 0.542. The van der Waals surface area contributed by atoms with Crippen molar-refractivity contribution in [2.45, 2.75) is 63.8 Å². The van der Waals surface area contributed by atoms with E-state index in [-0.39, 0.29) is 0 Å². The van der Waals surface area contributed by atoms with Crippen molar-refractivity contribution in [1.29, 1.82) is 0 Å². The highest BCUT2D eigenvalue weighted by atomic mass is 16.5. The van der Waals surface area contributed by atoms with Gasteiger partial charge in [0.15, 0.2) is 0 Å². The first-order chi connectivity index (χ1) is 13.7. The van der Waals surface area contributed by atoms with Crippen molar-refractivity contribution in [2.24, 2.45) is 11.8 Å². The maximum Gasteiger partial charge on any atom is 0.327 e. The normalized spacial score (nSPS) is 26.6. The van der Waals surface area contributed by atoms with E-state index >= 15 is 0 Å². The molecule has 3 rings (SSSR count). The zero-order valence-electron chi connectivity index (χ0n) is 16.5. The lowest BCUT2D eigenvalue weighted by molar-refractivity contribution is -0.131. The number of carboxylic acids is 1. The predicted molar refractivity (Wildman–Crippen MR) is 110 cm³/mol. The van der Waals surface area contributed by atoms with Gasteiger partial charge >= 0.3 is 5.97 Å². The molecule has 1 aromatic rings. The number of fused-ring (bicyclic) bond motifs is 2. The minimum Gasteiger partial charge on any atom is -0.478 e. The van der Waals surface area contributed by atoms with Gasteiger partial charge in [-0.3, -0.25) is 0 Å². The number of aliphatic carboxylic acids is 1. The Kier molecular flexibility index (Phi) is 8.31. The van der Waals surface area contributed by atoms with E-state index < -0.39 is 5.97 Å². The maximum atomic E-state index is 10.5. The first-order valence-electron chi connectivity index (χ1n) is 10.6. The first kappa shape index (κ1) is 20.8. The number of unbranched alkanes of at least 4 members (excludes halogenated alkanes) is 1. The molecule has 2 aliphatic rings. The van der Waals surface area contributed by atoms with Crippen molar-refractivity contribution in [1.82, 2.24) is 0 Å². The fourth-order valence-corrected chi connectivity index (χ4v) is 4.54. The van der Waals surface area contributed by atoms with Crippen LogP contribution in [0.2, 0.25) is 0 Å². The van der Waals surface area contributed by atoms with Gasteiger partial charge in [0.25, 0.3) is 0 Å². The maximum absolute atomic E-state index is 10.5. The van der Waals surface area contributed by atoms with Crippen LogP contribution in [0.5, 0.6) is 0 Å². The Morgan fingerprint density at radius 2 is 1.86 bits per heavy atom. The van der Waals surface area contributed by atoms with Crippen LogP contribution in [0.15, 0.2) is 54.6 Å². The number of rotatable bonds is 12. The van der Waals surface area contributed by atoms with E-state index in [9.17, 15) is 4.79 Å². The molecule has 4 atom stereocenters. The van der Waals surface area contributed by atoms with Gasteiger partial charge in [-0.05, 0) is 55.9 Å². The molecule has 152 valence electrons. The van der Waals surface area contributed by atoms with Crippen molar-refractivity contribution in [2.75, 3.05) is 6.61 Å². The molecule has 1 N–H and O–H groups in total. The molecule has 0 radical (unpaired) electrons. The van der Waals surface area contributed by atoms with Crippen LogP contribution >= 0.6 is 0 Å². The molecular formula is C24H32O4. The van der Waals surface area contributed by atoms with Gasteiger partial charge in [-0.2, -0.15) is 0 Å². The van der Waals surface area contributed by atoms with Gasteiger partial charge in [0.2, 0.25) is 0 Å². The Hall–Kier alpha value is -1.91. The number of allylic oxidation sites excluding steroid dienone is 3. The molecule has 0 aromatic heterocycles. The molecule has 0 amide bonds.